The van der Waals surface area contributed by atoms with Crippen molar-refractivity contribution >= 4 is 11.6 Å². The molecule has 0 aliphatic carbocycles. The van der Waals surface area contributed by atoms with E-state index in [4.69, 9.17) is 26.2 Å². The number of unbranched alkanes of at least 4 members (excludes halogenated alkanes) is 1. The monoisotopic (exact) mass is 210 g/mol. The average molecular weight is 211 g/mol. The van der Waals surface area contributed by atoms with E-state index in [-0.39, 0.29) is 0 Å². The molecule has 0 bridgehead atoms. The summed E-state index contributed by atoms with van der Waals surface area (Å²) in [5, 5.41) is 8.68. The minimum Gasteiger partial charge on any atom is -0.379 e. The largest absolute Gasteiger partial charge is 0.379 e. The van der Waals surface area contributed by atoms with Gasteiger partial charge in [0.05, 0.1) is 19.8 Å². The molecule has 1 atom stereocenters. The number of alkyl halides is 1. The lowest BCUT2D eigenvalue weighted by Gasteiger charge is -2.05. The molecule has 0 heterocycles. The maximum absolute atomic E-state index is 8.68. The highest BCUT2D eigenvalue weighted by atomic mass is 35.5. The van der Waals surface area contributed by atoms with Gasteiger partial charge in [-0.05, 0) is 6.42 Å². The quantitative estimate of drug-likeness (QED) is 0.466. The van der Waals surface area contributed by atoms with Gasteiger partial charge in [0, 0.05) is 13.0 Å². The van der Waals surface area contributed by atoms with Crippen molar-refractivity contribution in [3.8, 4) is 0 Å². The summed E-state index contributed by atoms with van der Waals surface area (Å²) in [6, 6.07) is 0. The van der Waals surface area contributed by atoms with Crippen molar-refractivity contribution in [1.29, 1.82) is 0 Å². The predicted octanol–water partition coefficient (Wildman–Crippen LogP) is 1.77. The molecule has 0 aromatic heterocycles. The topological polar surface area (TPSA) is 38.7 Å². The predicted molar refractivity (Wildman–Crippen MR) is 53.0 cm³/mol. The van der Waals surface area contributed by atoms with Crippen molar-refractivity contribution in [2.24, 2.45) is 0 Å². The maximum Gasteiger partial charge on any atom is 0.130 e. The zero-order chi connectivity index (χ0) is 9.94. The highest BCUT2D eigenvalue weighted by molar-refractivity contribution is 6.19. The molecule has 0 saturated heterocycles. The number of aliphatic hydroxyl groups excluding tert-OH is 1. The molecule has 13 heavy (non-hydrogen) atoms. The van der Waals surface area contributed by atoms with E-state index in [9.17, 15) is 0 Å². The summed E-state index contributed by atoms with van der Waals surface area (Å²) in [7, 11) is 0. The second-order valence-electron chi connectivity index (χ2n) is 2.80. The van der Waals surface area contributed by atoms with Crippen molar-refractivity contribution < 1.29 is 14.6 Å². The van der Waals surface area contributed by atoms with Crippen LogP contribution >= 0.6 is 11.6 Å². The van der Waals surface area contributed by atoms with Crippen LogP contribution in [-0.4, -0.2) is 37.1 Å². The van der Waals surface area contributed by atoms with Crippen LogP contribution in [0.15, 0.2) is 0 Å². The SMILES string of the molecule is CCCCOCCOCCC(O)Cl. The van der Waals surface area contributed by atoms with Crippen LogP contribution in [0.4, 0.5) is 0 Å². The fraction of sp³-hybridized carbons (Fsp3) is 1.00. The van der Waals surface area contributed by atoms with Crippen LogP contribution in [0, 0.1) is 0 Å². The Hall–Kier alpha value is 0.170. The van der Waals surface area contributed by atoms with Crippen LogP contribution in [0.3, 0.4) is 0 Å². The molecular weight excluding hydrogens is 192 g/mol. The Morgan fingerprint density at radius 3 is 2.31 bits per heavy atom. The zero-order valence-electron chi connectivity index (χ0n) is 8.17. The second kappa shape index (κ2) is 10.3. The highest BCUT2D eigenvalue weighted by Gasteiger charge is 1.96. The van der Waals surface area contributed by atoms with Crippen LogP contribution in [0.2, 0.25) is 0 Å². The van der Waals surface area contributed by atoms with Crippen LogP contribution in [0.5, 0.6) is 0 Å². The van der Waals surface area contributed by atoms with Crippen LogP contribution in [-0.2, 0) is 9.47 Å². The molecule has 0 rings (SSSR count). The molecule has 0 amide bonds. The summed E-state index contributed by atoms with van der Waals surface area (Å²) in [6.07, 6.45) is 2.72. The van der Waals surface area contributed by atoms with Gasteiger partial charge in [0.2, 0.25) is 0 Å². The lowest BCUT2D eigenvalue weighted by atomic mass is 10.4. The number of ether oxygens (including phenoxy) is 2. The Kier molecular flexibility index (Phi) is 10.4. The Bertz CT molecular complexity index is 98.9. The van der Waals surface area contributed by atoms with Gasteiger partial charge in [0.25, 0.3) is 0 Å². The van der Waals surface area contributed by atoms with Crippen molar-refractivity contribution in [1.82, 2.24) is 0 Å². The van der Waals surface area contributed by atoms with Gasteiger partial charge in [-0.25, -0.2) is 0 Å². The lowest BCUT2D eigenvalue weighted by molar-refractivity contribution is 0.0392. The van der Waals surface area contributed by atoms with Gasteiger partial charge in [-0.1, -0.05) is 24.9 Å². The van der Waals surface area contributed by atoms with E-state index in [1.165, 1.54) is 0 Å². The molecule has 0 fully saturated rings. The summed E-state index contributed by atoms with van der Waals surface area (Å²) >= 11 is 5.30. The number of hydrogen-bond donors (Lipinski definition) is 1. The fourth-order valence-electron chi connectivity index (χ4n) is 0.749. The highest BCUT2D eigenvalue weighted by Crippen LogP contribution is 1.96. The molecule has 0 aromatic rings. The van der Waals surface area contributed by atoms with Gasteiger partial charge in [0.15, 0.2) is 0 Å². The number of halogens is 1. The van der Waals surface area contributed by atoms with Crippen molar-refractivity contribution in [3.05, 3.63) is 0 Å². The molecule has 0 saturated carbocycles. The molecule has 0 aliphatic heterocycles. The first-order valence-corrected chi connectivity index (χ1v) is 5.18. The number of hydrogen-bond acceptors (Lipinski definition) is 3. The number of rotatable bonds is 9. The third-order valence-corrected chi connectivity index (χ3v) is 1.73. The van der Waals surface area contributed by atoms with E-state index in [2.05, 4.69) is 6.92 Å². The first-order valence-electron chi connectivity index (χ1n) is 4.75. The summed E-state index contributed by atoms with van der Waals surface area (Å²) in [5.74, 6) is 0. The molecule has 0 radical (unpaired) electrons. The van der Waals surface area contributed by atoms with Crippen molar-refractivity contribution in [3.63, 3.8) is 0 Å². The third-order valence-electron chi connectivity index (χ3n) is 1.51. The molecular formula is C9H19ClO3. The Labute approximate surface area is 85.0 Å². The van der Waals surface area contributed by atoms with Gasteiger partial charge in [-0.3, -0.25) is 0 Å². The minimum atomic E-state index is -0.791. The molecule has 4 heteroatoms. The molecule has 3 nitrogen and oxygen atoms in total. The second-order valence-corrected chi connectivity index (χ2v) is 3.31. The van der Waals surface area contributed by atoms with E-state index in [0.717, 1.165) is 19.4 Å². The Morgan fingerprint density at radius 1 is 1.15 bits per heavy atom. The first-order chi connectivity index (χ1) is 6.27. The summed E-state index contributed by atoms with van der Waals surface area (Å²) in [6.45, 7) is 4.62. The smallest absolute Gasteiger partial charge is 0.130 e. The lowest BCUT2D eigenvalue weighted by Crippen LogP contribution is -2.08. The standard InChI is InChI=1S/C9H19ClO3/c1-2-3-5-12-7-8-13-6-4-9(10)11/h9,11H,2-8H2,1H3. The van der Waals surface area contributed by atoms with Gasteiger partial charge in [-0.2, -0.15) is 0 Å². The number of aliphatic hydroxyl groups is 1. The van der Waals surface area contributed by atoms with Crippen molar-refractivity contribution in [2.75, 3.05) is 26.4 Å². The Balaban J connectivity index is 2.84. The van der Waals surface area contributed by atoms with Crippen LogP contribution in [0.25, 0.3) is 0 Å². The van der Waals surface area contributed by atoms with Gasteiger partial charge in [-0.15, -0.1) is 0 Å². The van der Waals surface area contributed by atoms with E-state index in [1.54, 1.807) is 0 Å². The maximum atomic E-state index is 8.68. The minimum absolute atomic E-state index is 0.469. The summed E-state index contributed by atoms with van der Waals surface area (Å²) in [4.78, 5) is 0. The molecule has 80 valence electrons. The molecule has 0 aromatic carbocycles. The fourth-order valence-corrected chi connectivity index (χ4v) is 0.838. The molecule has 1 N–H and O–H groups in total. The molecule has 0 aliphatic rings. The summed E-state index contributed by atoms with van der Waals surface area (Å²) < 4.78 is 10.4. The third kappa shape index (κ3) is 12.2. The normalized spacial score (nSPS) is 13.2. The van der Waals surface area contributed by atoms with E-state index < -0.39 is 5.56 Å². The average Bonchev–Trinajstić information content (AvgIpc) is 2.09. The van der Waals surface area contributed by atoms with E-state index in [0.29, 0.717) is 26.2 Å². The van der Waals surface area contributed by atoms with E-state index in [1.807, 2.05) is 0 Å². The van der Waals surface area contributed by atoms with Crippen LogP contribution < -0.4 is 0 Å². The summed E-state index contributed by atoms with van der Waals surface area (Å²) in [5.41, 5.74) is -0.791. The first kappa shape index (κ1) is 13.2. The van der Waals surface area contributed by atoms with Gasteiger partial charge in [0.1, 0.15) is 5.56 Å². The Morgan fingerprint density at radius 2 is 1.77 bits per heavy atom. The van der Waals surface area contributed by atoms with E-state index >= 15 is 0 Å². The van der Waals surface area contributed by atoms with Gasteiger partial charge >= 0.3 is 0 Å². The molecule has 0 spiro atoms. The van der Waals surface area contributed by atoms with Crippen LogP contribution in [0.1, 0.15) is 26.2 Å². The molecule has 1 unspecified atom stereocenters. The van der Waals surface area contributed by atoms with Gasteiger partial charge < -0.3 is 14.6 Å². The van der Waals surface area contributed by atoms with Crippen molar-refractivity contribution in [2.45, 2.75) is 31.7 Å². The zero-order valence-corrected chi connectivity index (χ0v) is 8.92.